The number of hydrogen-bond acceptors (Lipinski definition) is 3. The van der Waals surface area contributed by atoms with E-state index in [1.807, 2.05) is 0 Å². The van der Waals surface area contributed by atoms with E-state index < -0.39 is 12.0 Å². The molecule has 1 saturated carbocycles. The monoisotopic (exact) mass is 268 g/mol. The molecule has 0 aromatic rings. The van der Waals surface area contributed by atoms with Crippen LogP contribution < -0.4 is 5.32 Å². The minimum absolute atomic E-state index is 0.0955. The molecule has 2 rings (SSSR count). The summed E-state index contributed by atoms with van der Waals surface area (Å²) in [6.07, 6.45) is 3.49. The van der Waals surface area contributed by atoms with Crippen LogP contribution in [0.4, 0.5) is 0 Å². The molecule has 2 N–H and O–H groups in total. The summed E-state index contributed by atoms with van der Waals surface area (Å²) in [5, 5.41) is 11.8. The standard InChI is InChI=1S/C14H24N2O3/c1-9-4-3-5-10(2)13(9)16-7-6-15-14(19)11(16)8-12(17)18/h9-11,13H,3-8H2,1-2H3,(H,15,19)(H,17,18). The number of nitrogens with zero attached hydrogens (tertiary/aromatic N) is 1. The number of piperazine rings is 1. The lowest BCUT2D eigenvalue weighted by Gasteiger charge is -2.47. The Morgan fingerprint density at radius 3 is 2.58 bits per heavy atom. The van der Waals surface area contributed by atoms with Crippen molar-refractivity contribution in [2.45, 2.75) is 51.6 Å². The van der Waals surface area contributed by atoms with Gasteiger partial charge in [0.2, 0.25) is 5.91 Å². The van der Waals surface area contributed by atoms with Crippen LogP contribution in [0.2, 0.25) is 0 Å². The Hall–Kier alpha value is -1.10. The summed E-state index contributed by atoms with van der Waals surface area (Å²) < 4.78 is 0. The highest BCUT2D eigenvalue weighted by Crippen LogP contribution is 2.34. The minimum Gasteiger partial charge on any atom is -0.481 e. The zero-order valence-electron chi connectivity index (χ0n) is 11.8. The van der Waals surface area contributed by atoms with Crippen LogP contribution in [-0.2, 0) is 9.59 Å². The second-order valence-electron chi connectivity index (χ2n) is 6.02. The number of carboxylic acid groups (broad SMARTS) is 1. The number of hydrogen-bond donors (Lipinski definition) is 2. The number of carbonyl (C=O) groups excluding carboxylic acids is 1. The Morgan fingerprint density at radius 2 is 2.00 bits per heavy atom. The van der Waals surface area contributed by atoms with Crippen LogP contribution in [0.15, 0.2) is 0 Å². The van der Waals surface area contributed by atoms with Gasteiger partial charge in [-0.05, 0) is 24.7 Å². The molecule has 0 radical (unpaired) electrons. The van der Waals surface area contributed by atoms with Gasteiger partial charge in [0, 0.05) is 19.1 Å². The Balaban J connectivity index is 2.18. The van der Waals surface area contributed by atoms with Crippen molar-refractivity contribution >= 4 is 11.9 Å². The fourth-order valence-corrected chi connectivity index (χ4v) is 3.78. The van der Waals surface area contributed by atoms with E-state index in [9.17, 15) is 9.59 Å². The molecular formula is C14H24N2O3. The van der Waals surface area contributed by atoms with E-state index in [2.05, 4.69) is 24.1 Å². The van der Waals surface area contributed by atoms with Gasteiger partial charge >= 0.3 is 5.97 Å². The molecule has 3 atom stereocenters. The molecule has 5 nitrogen and oxygen atoms in total. The zero-order valence-corrected chi connectivity index (χ0v) is 11.8. The van der Waals surface area contributed by atoms with Crippen molar-refractivity contribution in [3.8, 4) is 0 Å². The number of amides is 1. The summed E-state index contributed by atoms with van der Waals surface area (Å²) in [4.78, 5) is 25.1. The number of carbonyl (C=O) groups is 2. The molecule has 3 unspecified atom stereocenters. The van der Waals surface area contributed by atoms with E-state index in [-0.39, 0.29) is 12.3 Å². The van der Waals surface area contributed by atoms with E-state index in [4.69, 9.17) is 5.11 Å². The van der Waals surface area contributed by atoms with Crippen LogP contribution in [0, 0.1) is 11.8 Å². The van der Waals surface area contributed by atoms with Crippen molar-refractivity contribution in [3.05, 3.63) is 0 Å². The lowest BCUT2D eigenvalue weighted by Crippen LogP contribution is -2.62. The third kappa shape index (κ3) is 3.08. The molecule has 2 aliphatic rings. The molecule has 2 fully saturated rings. The van der Waals surface area contributed by atoms with Gasteiger partial charge in [0.25, 0.3) is 0 Å². The van der Waals surface area contributed by atoms with Crippen molar-refractivity contribution in [3.63, 3.8) is 0 Å². The maximum absolute atomic E-state index is 12.0. The van der Waals surface area contributed by atoms with Crippen molar-refractivity contribution in [1.29, 1.82) is 0 Å². The minimum atomic E-state index is -0.900. The van der Waals surface area contributed by atoms with Gasteiger partial charge in [-0.2, -0.15) is 0 Å². The molecule has 5 heteroatoms. The van der Waals surface area contributed by atoms with Gasteiger partial charge in [0.15, 0.2) is 0 Å². The van der Waals surface area contributed by atoms with E-state index >= 15 is 0 Å². The van der Waals surface area contributed by atoms with Crippen LogP contribution in [0.5, 0.6) is 0 Å². The molecule has 1 aliphatic heterocycles. The van der Waals surface area contributed by atoms with E-state index in [0.29, 0.717) is 24.4 Å². The highest BCUT2D eigenvalue weighted by molar-refractivity contribution is 5.86. The molecule has 19 heavy (non-hydrogen) atoms. The van der Waals surface area contributed by atoms with Crippen LogP contribution in [0.3, 0.4) is 0 Å². The van der Waals surface area contributed by atoms with Gasteiger partial charge in [-0.3, -0.25) is 14.5 Å². The lowest BCUT2D eigenvalue weighted by atomic mass is 9.77. The zero-order chi connectivity index (χ0) is 14.0. The molecule has 0 aromatic carbocycles. The molecule has 1 amide bonds. The number of rotatable bonds is 3. The normalized spacial score (nSPS) is 36.8. The molecule has 0 aromatic heterocycles. The van der Waals surface area contributed by atoms with Crippen molar-refractivity contribution in [1.82, 2.24) is 10.2 Å². The Bertz CT molecular complexity index is 349. The highest BCUT2D eigenvalue weighted by Gasteiger charge is 2.41. The fraction of sp³-hybridized carbons (Fsp3) is 0.857. The Kier molecular flexibility index (Phi) is 4.45. The highest BCUT2D eigenvalue weighted by atomic mass is 16.4. The topological polar surface area (TPSA) is 69.6 Å². The van der Waals surface area contributed by atoms with Gasteiger partial charge in [0.05, 0.1) is 12.5 Å². The third-order valence-corrected chi connectivity index (χ3v) is 4.61. The van der Waals surface area contributed by atoms with Gasteiger partial charge in [-0.15, -0.1) is 0 Å². The summed E-state index contributed by atoms with van der Waals surface area (Å²) in [5.74, 6) is 0.0404. The van der Waals surface area contributed by atoms with E-state index in [1.165, 1.54) is 19.3 Å². The summed E-state index contributed by atoms with van der Waals surface area (Å²) >= 11 is 0. The average Bonchev–Trinajstić information content (AvgIpc) is 2.32. The maximum Gasteiger partial charge on any atom is 0.305 e. The summed E-state index contributed by atoms with van der Waals surface area (Å²) in [5.41, 5.74) is 0. The molecular weight excluding hydrogens is 244 g/mol. The molecule has 1 heterocycles. The molecule has 1 saturated heterocycles. The van der Waals surface area contributed by atoms with Crippen LogP contribution in [0.25, 0.3) is 0 Å². The first-order valence-electron chi connectivity index (χ1n) is 7.26. The lowest BCUT2D eigenvalue weighted by molar-refractivity contribution is -0.145. The Labute approximate surface area is 114 Å². The summed E-state index contributed by atoms with van der Waals surface area (Å²) in [6, 6.07) is -0.164. The van der Waals surface area contributed by atoms with Crippen LogP contribution in [-0.4, -0.2) is 47.1 Å². The van der Waals surface area contributed by atoms with E-state index in [0.717, 1.165) is 6.54 Å². The first kappa shape index (κ1) is 14.3. The fourth-order valence-electron chi connectivity index (χ4n) is 3.78. The first-order valence-corrected chi connectivity index (χ1v) is 7.26. The molecule has 0 spiro atoms. The number of carboxylic acids is 1. The molecule has 0 bridgehead atoms. The summed E-state index contributed by atoms with van der Waals surface area (Å²) in [7, 11) is 0. The predicted octanol–water partition coefficient (Wildman–Crippen LogP) is 1.09. The molecule has 1 aliphatic carbocycles. The predicted molar refractivity (Wildman–Crippen MR) is 71.7 cm³/mol. The number of nitrogens with one attached hydrogen (secondary N) is 1. The van der Waals surface area contributed by atoms with Gasteiger partial charge in [0.1, 0.15) is 0 Å². The van der Waals surface area contributed by atoms with Crippen molar-refractivity contribution in [2.75, 3.05) is 13.1 Å². The van der Waals surface area contributed by atoms with Crippen molar-refractivity contribution < 1.29 is 14.7 Å². The number of aliphatic carboxylic acids is 1. The second kappa shape index (κ2) is 5.90. The van der Waals surface area contributed by atoms with Crippen molar-refractivity contribution in [2.24, 2.45) is 11.8 Å². The van der Waals surface area contributed by atoms with Gasteiger partial charge in [-0.25, -0.2) is 0 Å². The molecule has 108 valence electrons. The summed E-state index contributed by atoms with van der Waals surface area (Å²) in [6.45, 7) is 5.85. The van der Waals surface area contributed by atoms with Gasteiger partial charge < -0.3 is 10.4 Å². The quantitative estimate of drug-likeness (QED) is 0.804. The van der Waals surface area contributed by atoms with Crippen LogP contribution >= 0.6 is 0 Å². The SMILES string of the molecule is CC1CCCC(C)C1N1CCNC(=O)C1CC(=O)O. The third-order valence-electron chi connectivity index (χ3n) is 4.61. The average molecular weight is 268 g/mol. The first-order chi connectivity index (χ1) is 9.00. The maximum atomic E-state index is 12.0. The van der Waals surface area contributed by atoms with Gasteiger partial charge in [-0.1, -0.05) is 20.3 Å². The Morgan fingerprint density at radius 1 is 1.37 bits per heavy atom. The van der Waals surface area contributed by atoms with E-state index in [1.54, 1.807) is 0 Å². The van der Waals surface area contributed by atoms with Crippen LogP contribution in [0.1, 0.15) is 39.5 Å². The smallest absolute Gasteiger partial charge is 0.305 e. The largest absolute Gasteiger partial charge is 0.481 e. The second-order valence-corrected chi connectivity index (χ2v) is 6.02.